The van der Waals surface area contributed by atoms with E-state index >= 15 is 0 Å². The molecule has 0 saturated heterocycles. The predicted octanol–water partition coefficient (Wildman–Crippen LogP) is 2.96. The van der Waals surface area contributed by atoms with E-state index in [1.807, 2.05) is 32.2 Å². The average molecular weight is 310 g/mol. The Morgan fingerprint density at radius 3 is 2.89 bits per heavy atom. The Kier molecular flexibility index (Phi) is 4.14. The molecule has 1 aromatic heterocycles. The van der Waals surface area contributed by atoms with Crippen LogP contribution in [0.1, 0.15) is 18.4 Å². The molecule has 0 aliphatic carbocycles. The summed E-state index contributed by atoms with van der Waals surface area (Å²) in [5, 5.41) is 7.16. The molecule has 18 heavy (non-hydrogen) atoms. The van der Waals surface area contributed by atoms with Gasteiger partial charge in [0, 0.05) is 22.5 Å². The zero-order valence-electron chi connectivity index (χ0n) is 10.7. The molecule has 1 atom stereocenters. The fourth-order valence-electron chi connectivity index (χ4n) is 1.61. The lowest BCUT2D eigenvalue weighted by molar-refractivity contribution is 0.365. The van der Waals surface area contributed by atoms with Crippen molar-refractivity contribution in [1.82, 2.24) is 15.5 Å². The van der Waals surface area contributed by atoms with Crippen LogP contribution in [0.25, 0.3) is 11.4 Å². The minimum Gasteiger partial charge on any atom is -0.339 e. The van der Waals surface area contributed by atoms with Gasteiger partial charge in [0.1, 0.15) is 0 Å². The van der Waals surface area contributed by atoms with Crippen molar-refractivity contribution in [3.8, 4) is 11.4 Å². The van der Waals surface area contributed by atoms with Gasteiger partial charge < -0.3 is 9.84 Å². The van der Waals surface area contributed by atoms with E-state index < -0.39 is 0 Å². The summed E-state index contributed by atoms with van der Waals surface area (Å²) < 4.78 is 6.24. The Morgan fingerprint density at radius 1 is 1.44 bits per heavy atom. The molecule has 0 fully saturated rings. The van der Waals surface area contributed by atoms with Crippen molar-refractivity contribution < 1.29 is 4.52 Å². The Labute approximate surface area is 115 Å². The van der Waals surface area contributed by atoms with Crippen LogP contribution in [0.5, 0.6) is 0 Å². The second-order valence-corrected chi connectivity index (χ2v) is 5.24. The number of nitrogens with zero attached hydrogens (tertiary/aromatic N) is 2. The minimum atomic E-state index is 0.319. The lowest BCUT2D eigenvalue weighted by Gasteiger charge is -2.04. The second kappa shape index (κ2) is 5.63. The largest absolute Gasteiger partial charge is 0.339 e. The lowest BCUT2D eigenvalue weighted by atomic mass is 10.1. The number of rotatable bonds is 4. The first-order valence-electron chi connectivity index (χ1n) is 5.86. The van der Waals surface area contributed by atoms with E-state index in [2.05, 4.69) is 38.3 Å². The standard InChI is InChI=1S/C13H16BrN3O/c1-8-4-5-10(11(14)6-8)13-16-12(18-17-13)7-9(2)15-3/h4-6,9,15H,7H2,1-3H3. The SMILES string of the molecule is CNC(C)Cc1nc(-c2ccc(C)cc2Br)no1. The van der Waals surface area contributed by atoms with E-state index in [1.54, 1.807) is 0 Å². The van der Waals surface area contributed by atoms with Crippen molar-refractivity contribution in [3.63, 3.8) is 0 Å². The smallest absolute Gasteiger partial charge is 0.228 e. The number of hydrogen-bond acceptors (Lipinski definition) is 4. The van der Waals surface area contributed by atoms with Gasteiger partial charge in [-0.1, -0.05) is 27.2 Å². The second-order valence-electron chi connectivity index (χ2n) is 4.39. The minimum absolute atomic E-state index is 0.319. The number of benzene rings is 1. The summed E-state index contributed by atoms with van der Waals surface area (Å²) in [5.74, 6) is 1.28. The van der Waals surface area contributed by atoms with Gasteiger partial charge in [-0.15, -0.1) is 0 Å². The molecule has 0 amide bonds. The maximum absolute atomic E-state index is 5.25. The summed E-state index contributed by atoms with van der Waals surface area (Å²) in [6.07, 6.45) is 0.729. The van der Waals surface area contributed by atoms with E-state index in [9.17, 15) is 0 Å². The van der Waals surface area contributed by atoms with Crippen LogP contribution < -0.4 is 5.32 Å². The highest BCUT2D eigenvalue weighted by atomic mass is 79.9. The normalized spacial score (nSPS) is 12.7. The number of hydrogen-bond donors (Lipinski definition) is 1. The van der Waals surface area contributed by atoms with Gasteiger partial charge in [0.15, 0.2) is 0 Å². The van der Waals surface area contributed by atoms with Crippen molar-refractivity contribution >= 4 is 15.9 Å². The van der Waals surface area contributed by atoms with Crippen LogP contribution in [0.3, 0.4) is 0 Å². The molecule has 1 heterocycles. The summed E-state index contributed by atoms with van der Waals surface area (Å²) in [6, 6.07) is 6.39. The molecule has 0 aliphatic heterocycles. The van der Waals surface area contributed by atoms with E-state index in [0.29, 0.717) is 17.8 Å². The van der Waals surface area contributed by atoms with E-state index in [4.69, 9.17) is 4.52 Å². The van der Waals surface area contributed by atoms with Crippen molar-refractivity contribution in [2.75, 3.05) is 7.05 Å². The first-order chi connectivity index (χ1) is 8.60. The van der Waals surface area contributed by atoms with Crippen molar-refractivity contribution in [3.05, 3.63) is 34.1 Å². The van der Waals surface area contributed by atoms with Gasteiger partial charge in [-0.25, -0.2) is 0 Å². The van der Waals surface area contributed by atoms with Crippen molar-refractivity contribution in [2.45, 2.75) is 26.3 Å². The third kappa shape index (κ3) is 2.97. The van der Waals surface area contributed by atoms with Crippen LogP contribution in [0, 0.1) is 6.92 Å². The summed E-state index contributed by atoms with van der Waals surface area (Å²) in [7, 11) is 1.92. The molecule has 0 radical (unpaired) electrons. The number of nitrogens with one attached hydrogen (secondary N) is 1. The van der Waals surface area contributed by atoms with Crippen LogP contribution in [-0.2, 0) is 6.42 Å². The molecule has 0 saturated carbocycles. The molecule has 96 valence electrons. The average Bonchev–Trinajstić information content (AvgIpc) is 2.77. The first kappa shape index (κ1) is 13.2. The van der Waals surface area contributed by atoms with Gasteiger partial charge in [0.2, 0.25) is 11.7 Å². The van der Waals surface area contributed by atoms with E-state index in [1.165, 1.54) is 5.56 Å². The fraction of sp³-hybridized carbons (Fsp3) is 0.385. The predicted molar refractivity (Wildman–Crippen MR) is 74.4 cm³/mol. The zero-order chi connectivity index (χ0) is 13.1. The van der Waals surface area contributed by atoms with Gasteiger partial charge in [0.25, 0.3) is 0 Å². The third-order valence-electron chi connectivity index (χ3n) is 2.81. The van der Waals surface area contributed by atoms with Gasteiger partial charge in [0.05, 0.1) is 0 Å². The number of aryl methyl sites for hydroxylation is 1. The Morgan fingerprint density at radius 2 is 2.22 bits per heavy atom. The van der Waals surface area contributed by atoms with Crippen LogP contribution >= 0.6 is 15.9 Å². The molecule has 0 bridgehead atoms. The molecule has 0 spiro atoms. The van der Waals surface area contributed by atoms with Gasteiger partial charge in [-0.3, -0.25) is 0 Å². The van der Waals surface area contributed by atoms with E-state index in [-0.39, 0.29) is 0 Å². The number of halogens is 1. The Balaban J connectivity index is 2.24. The molecular weight excluding hydrogens is 294 g/mol. The van der Waals surface area contributed by atoms with E-state index in [0.717, 1.165) is 16.5 Å². The van der Waals surface area contributed by atoms with Gasteiger partial charge >= 0.3 is 0 Å². The van der Waals surface area contributed by atoms with Crippen LogP contribution in [0.15, 0.2) is 27.2 Å². The first-order valence-corrected chi connectivity index (χ1v) is 6.66. The molecule has 2 rings (SSSR count). The summed E-state index contributed by atoms with van der Waals surface area (Å²) in [5.41, 5.74) is 2.14. The molecule has 1 aromatic carbocycles. The summed E-state index contributed by atoms with van der Waals surface area (Å²) in [4.78, 5) is 4.41. The zero-order valence-corrected chi connectivity index (χ0v) is 12.3. The molecule has 5 heteroatoms. The maximum atomic E-state index is 5.25. The number of likely N-dealkylation sites (N-methyl/N-ethyl adjacent to an activating group) is 1. The molecule has 1 N–H and O–H groups in total. The topological polar surface area (TPSA) is 51.0 Å². The molecule has 2 aromatic rings. The van der Waals surface area contributed by atoms with Crippen LogP contribution in [0.2, 0.25) is 0 Å². The monoisotopic (exact) mass is 309 g/mol. The summed E-state index contributed by atoms with van der Waals surface area (Å²) in [6.45, 7) is 4.12. The fourth-order valence-corrected chi connectivity index (χ4v) is 2.28. The highest BCUT2D eigenvalue weighted by molar-refractivity contribution is 9.10. The Bertz CT molecular complexity index is 539. The van der Waals surface area contributed by atoms with Crippen molar-refractivity contribution in [1.29, 1.82) is 0 Å². The maximum Gasteiger partial charge on any atom is 0.228 e. The number of aromatic nitrogens is 2. The molecular formula is C13H16BrN3O. The van der Waals surface area contributed by atoms with Crippen molar-refractivity contribution in [2.24, 2.45) is 0 Å². The highest BCUT2D eigenvalue weighted by Gasteiger charge is 2.13. The summed E-state index contributed by atoms with van der Waals surface area (Å²) >= 11 is 3.52. The van der Waals surface area contributed by atoms with Gasteiger partial charge in [-0.2, -0.15) is 4.98 Å². The van der Waals surface area contributed by atoms with Crippen LogP contribution in [0.4, 0.5) is 0 Å². The van der Waals surface area contributed by atoms with Crippen LogP contribution in [-0.4, -0.2) is 23.2 Å². The lowest BCUT2D eigenvalue weighted by Crippen LogP contribution is -2.23. The molecule has 0 aliphatic rings. The highest BCUT2D eigenvalue weighted by Crippen LogP contribution is 2.26. The third-order valence-corrected chi connectivity index (χ3v) is 3.46. The molecule has 1 unspecified atom stereocenters. The molecule has 4 nitrogen and oxygen atoms in total. The Hall–Kier alpha value is -1.20. The van der Waals surface area contributed by atoms with Gasteiger partial charge in [-0.05, 0) is 38.6 Å². The quantitative estimate of drug-likeness (QED) is 0.943.